The van der Waals surface area contributed by atoms with Crippen LogP contribution >= 0.6 is 11.5 Å². The molecule has 0 unspecified atom stereocenters. The van der Waals surface area contributed by atoms with Crippen LogP contribution in [0.2, 0.25) is 0 Å². The molecule has 0 aliphatic rings. The summed E-state index contributed by atoms with van der Waals surface area (Å²) in [7, 11) is 1.56. The molecule has 0 spiro atoms. The van der Waals surface area contributed by atoms with E-state index in [0.717, 1.165) is 15.8 Å². The number of hydrogen-bond acceptors (Lipinski definition) is 4. The molecule has 1 aromatic carbocycles. The van der Waals surface area contributed by atoms with E-state index in [9.17, 15) is 4.79 Å². The van der Waals surface area contributed by atoms with E-state index < -0.39 is 0 Å². The van der Waals surface area contributed by atoms with Gasteiger partial charge in [0.05, 0.1) is 29.1 Å². The van der Waals surface area contributed by atoms with Gasteiger partial charge in [0.2, 0.25) is 5.88 Å². The summed E-state index contributed by atoms with van der Waals surface area (Å²) in [5, 5.41) is 0.735. The lowest BCUT2D eigenvalue weighted by Gasteiger charge is -2.01. The molecule has 0 fully saturated rings. The summed E-state index contributed by atoms with van der Waals surface area (Å²) < 4.78 is 7.61. The Bertz CT molecular complexity index is 744. The lowest BCUT2D eigenvalue weighted by molar-refractivity contribution is 0.398. The molecule has 0 bridgehead atoms. The van der Waals surface area contributed by atoms with Crippen LogP contribution in [0.1, 0.15) is 0 Å². The summed E-state index contributed by atoms with van der Waals surface area (Å²) in [4.78, 5) is 16.3. The van der Waals surface area contributed by atoms with Crippen LogP contribution in [0.25, 0.3) is 15.8 Å². The average molecular weight is 258 g/mol. The molecule has 0 aliphatic carbocycles. The second kappa shape index (κ2) is 4.27. The minimum Gasteiger partial charge on any atom is -0.481 e. The van der Waals surface area contributed by atoms with Crippen LogP contribution < -0.4 is 10.3 Å². The highest BCUT2D eigenvalue weighted by molar-refractivity contribution is 7.14. The first-order chi connectivity index (χ1) is 8.79. The Morgan fingerprint density at radius 3 is 2.72 bits per heavy atom. The molecule has 4 nitrogen and oxygen atoms in total. The number of methoxy groups -OCH3 is 1. The normalized spacial score (nSPS) is 10.7. The summed E-state index contributed by atoms with van der Waals surface area (Å²) in [5.74, 6) is 0.535. The highest BCUT2D eigenvalue weighted by atomic mass is 32.1. The van der Waals surface area contributed by atoms with E-state index in [1.165, 1.54) is 11.5 Å². The molecule has 2 heterocycles. The summed E-state index contributed by atoms with van der Waals surface area (Å²) in [6.45, 7) is 0. The molecular formula is C13H10N2O2S. The fraction of sp³-hybridized carbons (Fsp3) is 0.0769. The number of ether oxygens (including phenoxy) is 1. The second-order valence-corrected chi connectivity index (χ2v) is 4.73. The van der Waals surface area contributed by atoms with Gasteiger partial charge in [-0.15, -0.1) is 0 Å². The molecule has 0 radical (unpaired) electrons. The highest BCUT2D eigenvalue weighted by Gasteiger charge is 2.08. The van der Waals surface area contributed by atoms with Gasteiger partial charge in [0.25, 0.3) is 5.56 Å². The Morgan fingerprint density at radius 2 is 2.06 bits per heavy atom. The quantitative estimate of drug-likeness (QED) is 0.709. The smallest absolute Gasteiger partial charge is 0.273 e. The maximum atomic E-state index is 12.2. The van der Waals surface area contributed by atoms with Crippen molar-refractivity contribution in [2.24, 2.45) is 0 Å². The monoisotopic (exact) mass is 258 g/mol. The van der Waals surface area contributed by atoms with Gasteiger partial charge >= 0.3 is 0 Å². The van der Waals surface area contributed by atoms with Crippen molar-refractivity contribution in [3.05, 3.63) is 52.9 Å². The van der Waals surface area contributed by atoms with Gasteiger partial charge in [-0.25, -0.2) is 8.94 Å². The van der Waals surface area contributed by atoms with Crippen molar-refractivity contribution in [3.8, 4) is 11.6 Å². The average Bonchev–Trinajstić information content (AvgIpc) is 2.77. The molecule has 0 amide bonds. The van der Waals surface area contributed by atoms with Gasteiger partial charge in [-0.3, -0.25) is 4.79 Å². The third-order valence-corrected chi connectivity index (χ3v) is 3.77. The largest absolute Gasteiger partial charge is 0.481 e. The number of hydrogen-bond donors (Lipinski definition) is 0. The number of aromatic nitrogens is 2. The molecule has 0 aliphatic heterocycles. The molecule has 0 atom stereocenters. The van der Waals surface area contributed by atoms with Crippen LogP contribution in [-0.2, 0) is 0 Å². The Hall–Kier alpha value is -2.14. The standard InChI is InChI=1S/C13H10N2O2S/c1-17-12-7-6-9(8-14-12)15-13(16)10-4-2-3-5-11(10)18-15/h2-8H,1H3. The van der Waals surface area contributed by atoms with E-state index >= 15 is 0 Å². The van der Waals surface area contributed by atoms with Crippen molar-refractivity contribution < 1.29 is 4.74 Å². The fourth-order valence-electron chi connectivity index (χ4n) is 1.76. The lowest BCUT2D eigenvalue weighted by Crippen LogP contribution is -2.10. The Kier molecular flexibility index (Phi) is 2.60. The van der Waals surface area contributed by atoms with Crippen LogP contribution in [0.5, 0.6) is 5.88 Å². The van der Waals surface area contributed by atoms with Crippen LogP contribution in [0.4, 0.5) is 0 Å². The van der Waals surface area contributed by atoms with Gasteiger partial charge in [0.15, 0.2) is 0 Å². The van der Waals surface area contributed by atoms with Crippen molar-refractivity contribution in [1.29, 1.82) is 0 Å². The minimum absolute atomic E-state index is 0.0115. The Labute approximate surface area is 107 Å². The van der Waals surface area contributed by atoms with Gasteiger partial charge in [0.1, 0.15) is 0 Å². The van der Waals surface area contributed by atoms with Crippen molar-refractivity contribution >= 4 is 21.6 Å². The van der Waals surface area contributed by atoms with E-state index in [-0.39, 0.29) is 5.56 Å². The van der Waals surface area contributed by atoms with Crippen LogP contribution in [0.3, 0.4) is 0 Å². The zero-order valence-electron chi connectivity index (χ0n) is 9.66. The molecule has 90 valence electrons. The topological polar surface area (TPSA) is 44.1 Å². The highest BCUT2D eigenvalue weighted by Crippen LogP contribution is 2.20. The predicted octanol–water partition coefficient (Wildman–Crippen LogP) is 2.46. The summed E-state index contributed by atoms with van der Waals surface area (Å²) >= 11 is 1.41. The third-order valence-electron chi connectivity index (χ3n) is 2.66. The number of nitrogens with zero attached hydrogens (tertiary/aromatic N) is 2. The molecular weight excluding hydrogens is 248 g/mol. The summed E-state index contributed by atoms with van der Waals surface area (Å²) in [6.07, 6.45) is 1.63. The number of rotatable bonds is 2. The molecule has 2 aromatic heterocycles. The Balaban J connectivity index is 2.18. The van der Waals surface area contributed by atoms with Gasteiger partial charge in [0, 0.05) is 6.07 Å². The van der Waals surface area contributed by atoms with Crippen LogP contribution in [-0.4, -0.2) is 16.1 Å². The van der Waals surface area contributed by atoms with Gasteiger partial charge in [-0.05, 0) is 18.2 Å². The summed E-state index contributed by atoms with van der Waals surface area (Å²) in [6, 6.07) is 11.1. The van der Waals surface area contributed by atoms with E-state index in [2.05, 4.69) is 4.98 Å². The first kappa shape index (κ1) is 11.0. The van der Waals surface area contributed by atoms with Crippen LogP contribution in [0, 0.1) is 0 Å². The fourth-order valence-corrected chi connectivity index (χ4v) is 2.74. The molecule has 5 heteroatoms. The Morgan fingerprint density at radius 1 is 1.22 bits per heavy atom. The number of fused-ring (bicyclic) bond motifs is 1. The van der Waals surface area contributed by atoms with Gasteiger partial charge < -0.3 is 4.74 Å². The number of benzene rings is 1. The van der Waals surface area contributed by atoms with Gasteiger partial charge in [-0.2, -0.15) is 0 Å². The number of pyridine rings is 1. The van der Waals surface area contributed by atoms with E-state index in [4.69, 9.17) is 4.74 Å². The summed E-state index contributed by atoms with van der Waals surface area (Å²) in [5.41, 5.74) is 0.740. The molecule has 18 heavy (non-hydrogen) atoms. The maximum absolute atomic E-state index is 12.2. The zero-order valence-corrected chi connectivity index (χ0v) is 10.5. The van der Waals surface area contributed by atoms with Crippen LogP contribution in [0.15, 0.2) is 47.4 Å². The van der Waals surface area contributed by atoms with E-state index in [1.807, 2.05) is 30.3 Å². The molecule has 0 N–H and O–H groups in total. The first-order valence-corrected chi connectivity index (χ1v) is 6.18. The maximum Gasteiger partial charge on any atom is 0.273 e. The van der Waals surface area contributed by atoms with Gasteiger partial charge in [-0.1, -0.05) is 23.7 Å². The van der Waals surface area contributed by atoms with Crippen molar-refractivity contribution in [3.63, 3.8) is 0 Å². The molecule has 3 rings (SSSR count). The zero-order chi connectivity index (χ0) is 12.5. The SMILES string of the molecule is COc1ccc(-n2sc3ccccc3c2=O)cn1. The molecule has 0 saturated carbocycles. The molecule has 3 aromatic rings. The molecule has 0 saturated heterocycles. The minimum atomic E-state index is -0.0115. The third kappa shape index (κ3) is 1.69. The van der Waals surface area contributed by atoms with Crippen molar-refractivity contribution in [2.75, 3.05) is 7.11 Å². The van der Waals surface area contributed by atoms with E-state index in [1.54, 1.807) is 23.3 Å². The van der Waals surface area contributed by atoms with Crippen molar-refractivity contribution in [1.82, 2.24) is 8.94 Å². The second-order valence-electron chi connectivity index (χ2n) is 3.75. The van der Waals surface area contributed by atoms with E-state index in [0.29, 0.717) is 5.88 Å². The first-order valence-electron chi connectivity index (χ1n) is 5.41. The lowest BCUT2D eigenvalue weighted by atomic mass is 10.3. The predicted molar refractivity (Wildman–Crippen MR) is 71.8 cm³/mol. The van der Waals surface area contributed by atoms with Crippen molar-refractivity contribution in [2.45, 2.75) is 0 Å².